The van der Waals surface area contributed by atoms with Crippen LogP contribution in [0, 0.1) is 6.92 Å². The first-order valence-electron chi connectivity index (χ1n) is 4.75. The van der Waals surface area contributed by atoms with E-state index in [9.17, 15) is 0 Å². The summed E-state index contributed by atoms with van der Waals surface area (Å²) in [5.41, 5.74) is 3.49. The average molecular weight is 174 g/mol. The molecule has 0 aliphatic carbocycles. The molecule has 2 heteroatoms. The van der Waals surface area contributed by atoms with Crippen LogP contribution in [0.5, 0.6) is 0 Å². The Morgan fingerprint density at radius 1 is 1.38 bits per heavy atom. The summed E-state index contributed by atoms with van der Waals surface area (Å²) in [4.78, 5) is 4.53. The van der Waals surface area contributed by atoms with Gasteiger partial charge in [-0.2, -0.15) is 0 Å². The summed E-state index contributed by atoms with van der Waals surface area (Å²) >= 11 is 0. The molecule has 2 heterocycles. The van der Waals surface area contributed by atoms with Crippen LogP contribution in [-0.2, 0) is 6.42 Å². The Labute approximate surface area is 78.2 Å². The zero-order valence-corrected chi connectivity index (χ0v) is 8.12. The second kappa shape index (κ2) is 3.21. The van der Waals surface area contributed by atoms with E-state index in [0.717, 1.165) is 18.5 Å². The minimum atomic E-state index is 1.06. The fraction of sp³-hybridized carbons (Fsp3) is 0.364. The van der Waals surface area contributed by atoms with Crippen molar-refractivity contribution >= 4 is 5.65 Å². The summed E-state index contributed by atoms with van der Waals surface area (Å²) < 4.78 is 2.14. The molecule has 2 aromatic rings. The van der Waals surface area contributed by atoms with Crippen molar-refractivity contribution in [2.24, 2.45) is 0 Å². The molecular formula is C11H14N2. The average Bonchev–Trinajstić information content (AvgIpc) is 2.49. The SMILES string of the molecule is CCCc1cn2c(C)cccc2n1. The third-order valence-electron chi connectivity index (χ3n) is 2.25. The highest BCUT2D eigenvalue weighted by Crippen LogP contribution is 2.09. The monoisotopic (exact) mass is 174 g/mol. The van der Waals surface area contributed by atoms with E-state index in [2.05, 4.69) is 35.5 Å². The topological polar surface area (TPSA) is 17.3 Å². The number of hydrogen-bond donors (Lipinski definition) is 0. The van der Waals surface area contributed by atoms with Gasteiger partial charge in [0.1, 0.15) is 5.65 Å². The maximum Gasteiger partial charge on any atom is 0.137 e. The molecule has 0 unspecified atom stereocenters. The molecule has 0 aromatic carbocycles. The first-order valence-corrected chi connectivity index (χ1v) is 4.75. The first kappa shape index (κ1) is 8.30. The van der Waals surface area contributed by atoms with Crippen molar-refractivity contribution in [3.8, 4) is 0 Å². The van der Waals surface area contributed by atoms with Gasteiger partial charge >= 0.3 is 0 Å². The number of rotatable bonds is 2. The van der Waals surface area contributed by atoms with E-state index < -0.39 is 0 Å². The summed E-state index contributed by atoms with van der Waals surface area (Å²) in [7, 11) is 0. The fourth-order valence-electron chi connectivity index (χ4n) is 1.58. The predicted octanol–water partition coefficient (Wildman–Crippen LogP) is 2.60. The normalized spacial score (nSPS) is 10.9. The molecule has 0 amide bonds. The van der Waals surface area contributed by atoms with Crippen molar-refractivity contribution in [2.75, 3.05) is 0 Å². The van der Waals surface area contributed by atoms with Gasteiger partial charge in [-0.15, -0.1) is 0 Å². The zero-order chi connectivity index (χ0) is 9.26. The van der Waals surface area contributed by atoms with Gasteiger partial charge in [0.25, 0.3) is 0 Å². The zero-order valence-electron chi connectivity index (χ0n) is 8.12. The van der Waals surface area contributed by atoms with E-state index >= 15 is 0 Å². The minimum absolute atomic E-state index is 1.06. The molecule has 0 saturated carbocycles. The summed E-state index contributed by atoms with van der Waals surface area (Å²) in [6.07, 6.45) is 4.36. The number of fused-ring (bicyclic) bond motifs is 1. The lowest BCUT2D eigenvalue weighted by molar-refractivity contribution is 0.893. The van der Waals surface area contributed by atoms with Crippen LogP contribution < -0.4 is 0 Å². The largest absolute Gasteiger partial charge is 0.304 e. The van der Waals surface area contributed by atoms with Gasteiger partial charge in [-0.05, 0) is 25.5 Å². The van der Waals surface area contributed by atoms with Crippen molar-refractivity contribution in [1.82, 2.24) is 9.38 Å². The maximum absolute atomic E-state index is 4.53. The van der Waals surface area contributed by atoms with Crippen molar-refractivity contribution in [1.29, 1.82) is 0 Å². The summed E-state index contributed by atoms with van der Waals surface area (Å²) in [5.74, 6) is 0. The van der Waals surface area contributed by atoms with Gasteiger partial charge in [0.15, 0.2) is 0 Å². The molecule has 0 fully saturated rings. The van der Waals surface area contributed by atoms with Crippen LogP contribution in [0.4, 0.5) is 0 Å². The number of nitrogens with zero attached hydrogens (tertiary/aromatic N) is 2. The first-order chi connectivity index (χ1) is 6.31. The molecule has 68 valence electrons. The van der Waals surface area contributed by atoms with Crippen LogP contribution >= 0.6 is 0 Å². The molecule has 2 aromatic heterocycles. The van der Waals surface area contributed by atoms with Gasteiger partial charge in [0.05, 0.1) is 5.69 Å². The van der Waals surface area contributed by atoms with Gasteiger partial charge in [-0.3, -0.25) is 0 Å². The smallest absolute Gasteiger partial charge is 0.137 e. The molecule has 0 aliphatic heterocycles. The van der Waals surface area contributed by atoms with E-state index in [1.165, 1.54) is 11.4 Å². The highest BCUT2D eigenvalue weighted by Gasteiger charge is 2.00. The standard InChI is InChI=1S/C11H14N2/c1-3-5-10-8-13-9(2)6-4-7-11(13)12-10/h4,6-8H,3,5H2,1-2H3. The molecule has 0 spiro atoms. The van der Waals surface area contributed by atoms with Crippen molar-refractivity contribution < 1.29 is 0 Å². The maximum atomic E-state index is 4.53. The quantitative estimate of drug-likeness (QED) is 0.684. The van der Waals surface area contributed by atoms with Crippen LogP contribution in [-0.4, -0.2) is 9.38 Å². The lowest BCUT2D eigenvalue weighted by Gasteiger charge is -1.95. The molecule has 0 N–H and O–H groups in total. The van der Waals surface area contributed by atoms with Crippen LogP contribution in [0.2, 0.25) is 0 Å². The van der Waals surface area contributed by atoms with E-state index in [1.54, 1.807) is 0 Å². The van der Waals surface area contributed by atoms with Crippen LogP contribution in [0.1, 0.15) is 24.7 Å². The van der Waals surface area contributed by atoms with Gasteiger partial charge < -0.3 is 4.40 Å². The Morgan fingerprint density at radius 3 is 2.92 bits per heavy atom. The van der Waals surface area contributed by atoms with Crippen molar-refractivity contribution in [2.45, 2.75) is 26.7 Å². The molecule has 0 saturated heterocycles. The highest BCUT2D eigenvalue weighted by atomic mass is 15.0. The van der Waals surface area contributed by atoms with E-state index in [1.807, 2.05) is 12.1 Å². The molecule has 2 nitrogen and oxygen atoms in total. The summed E-state index contributed by atoms with van der Waals surface area (Å²) in [5, 5.41) is 0. The molecule has 0 atom stereocenters. The van der Waals surface area contributed by atoms with Crippen LogP contribution in [0.3, 0.4) is 0 Å². The third-order valence-corrected chi connectivity index (χ3v) is 2.25. The minimum Gasteiger partial charge on any atom is -0.304 e. The van der Waals surface area contributed by atoms with Gasteiger partial charge in [0.2, 0.25) is 0 Å². The Balaban J connectivity index is 2.55. The molecular weight excluding hydrogens is 160 g/mol. The van der Waals surface area contributed by atoms with E-state index in [0.29, 0.717) is 0 Å². The predicted molar refractivity (Wildman–Crippen MR) is 53.9 cm³/mol. The Bertz CT molecular complexity index is 415. The second-order valence-corrected chi connectivity index (χ2v) is 3.38. The van der Waals surface area contributed by atoms with Crippen molar-refractivity contribution in [3.05, 3.63) is 35.8 Å². The Morgan fingerprint density at radius 2 is 2.23 bits per heavy atom. The van der Waals surface area contributed by atoms with E-state index in [-0.39, 0.29) is 0 Å². The lowest BCUT2D eigenvalue weighted by atomic mass is 10.3. The summed E-state index contributed by atoms with van der Waals surface area (Å²) in [6.45, 7) is 4.28. The van der Waals surface area contributed by atoms with Gasteiger partial charge in [-0.1, -0.05) is 19.4 Å². The van der Waals surface area contributed by atoms with E-state index in [4.69, 9.17) is 0 Å². The highest BCUT2D eigenvalue weighted by molar-refractivity contribution is 5.41. The number of hydrogen-bond acceptors (Lipinski definition) is 1. The van der Waals surface area contributed by atoms with Crippen LogP contribution in [0.25, 0.3) is 5.65 Å². The van der Waals surface area contributed by atoms with Crippen molar-refractivity contribution in [3.63, 3.8) is 0 Å². The molecule has 13 heavy (non-hydrogen) atoms. The molecule has 0 aliphatic rings. The number of aromatic nitrogens is 2. The number of aryl methyl sites for hydroxylation is 2. The Hall–Kier alpha value is -1.31. The molecule has 2 rings (SSSR count). The van der Waals surface area contributed by atoms with Gasteiger partial charge in [0, 0.05) is 11.9 Å². The van der Waals surface area contributed by atoms with Crippen LogP contribution in [0.15, 0.2) is 24.4 Å². The number of imidazole rings is 1. The summed E-state index contributed by atoms with van der Waals surface area (Å²) in [6, 6.07) is 6.20. The van der Waals surface area contributed by atoms with Gasteiger partial charge in [-0.25, -0.2) is 4.98 Å². The third kappa shape index (κ3) is 1.44. The fourth-order valence-corrected chi connectivity index (χ4v) is 1.58. The molecule has 0 bridgehead atoms. The lowest BCUT2D eigenvalue weighted by Crippen LogP contribution is -1.86. The number of pyridine rings is 1. The second-order valence-electron chi connectivity index (χ2n) is 3.38. The molecule has 0 radical (unpaired) electrons. The Kier molecular flexibility index (Phi) is 2.05.